The molecule has 0 unspecified atom stereocenters. The van der Waals surface area contributed by atoms with Gasteiger partial charge in [0.05, 0.1) is 5.92 Å². The number of carbonyl (C=O) groups is 1. The molecule has 0 aliphatic carbocycles. The molecule has 0 bridgehead atoms. The molecule has 32 heavy (non-hydrogen) atoms. The number of nitrogens with one attached hydrogen (secondary N) is 2. The molecule has 1 amide bonds. The lowest BCUT2D eigenvalue weighted by Gasteiger charge is -2.33. The van der Waals surface area contributed by atoms with Crippen molar-refractivity contribution in [2.75, 3.05) is 23.3 Å². The van der Waals surface area contributed by atoms with Gasteiger partial charge in [-0.3, -0.25) is 4.79 Å². The number of hydrogen-bond acceptors (Lipinski definition) is 5. The van der Waals surface area contributed by atoms with E-state index in [2.05, 4.69) is 20.6 Å². The number of aromatic nitrogens is 2. The largest absolute Gasteiger partial charge is 0.356 e. The predicted octanol–water partition coefficient (Wildman–Crippen LogP) is 4.34. The number of aryl methyl sites for hydroxylation is 1. The molecule has 2 aromatic carbocycles. The number of benzene rings is 2. The van der Waals surface area contributed by atoms with Gasteiger partial charge in [0.15, 0.2) is 0 Å². The lowest BCUT2D eigenvalue weighted by atomic mass is 9.97. The van der Waals surface area contributed by atoms with Crippen LogP contribution in [0, 0.1) is 24.5 Å². The number of carbonyl (C=O) groups excluding carboxylic acids is 1. The van der Waals surface area contributed by atoms with Crippen molar-refractivity contribution < 1.29 is 13.6 Å². The first-order chi connectivity index (χ1) is 15.5. The molecular formula is C24H25F2N5O. The van der Waals surface area contributed by atoms with Gasteiger partial charge in [-0.05, 0) is 43.5 Å². The van der Waals surface area contributed by atoms with Gasteiger partial charge in [-0.15, -0.1) is 0 Å². The topological polar surface area (TPSA) is 70.2 Å². The van der Waals surface area contributed by atoms with Crippen molar-refractivity contribution in [3.05, 3.63) is 77.5 Å². The van der Waals surface area contributed by atoms with Crippen molar-refractivity contribution >= 4 is 23.4 Å². The van der Waals surface area contributed by atoms with Crippen molar-refractivity contribution in [3.8, 4) is 0 Å². The van der Waals surface area contributed by atoms with Gasteiger partial charge >= 0.3 is 0 Å². The second-order valence-electron chi connectivity index (χ2n) is 8.01. The summed E-state index contributed by atoms with van der Waals surface area (Å²) in [4.78, 5) is 23.4. The third kappa shape index (κ3) is 5.57. The average molecular weight is 437 g/mol. The fourth-order valence-electron chi connectivity index (χ4n) is 3.78. The van der Waals surface area contributed by atoms with E-state index >= 15 is 0 Å². The molecule has 1 aliphatic heterocycles. The Morgan fingerprint density at radius 2 is 1.88 bits per heavy atom. The summed E-state index contributed by atoms with van der Waals surface area (Å²) in [5, 5.41) is 5.87. The highest BCUT2D eigenvalue weighted by molar-refractivity contribution is 5.79. The molecule has 0 saturated carbocycles. The maximum absolute atomic E-state index is 13.4. The first-order valence-electron chi connectivity index (χ1n) is 10.6. The monoisotopic (exact) mass is 437 g/mol. The Morgan fingerprint density at radius 3 is 2.62 bits per heavy atom. The maximum atomic E-state index is 13.4. The van der Waals surface area contributed by atoms with Crippen LogP contribution < -0.4 is 15.5 Å². The van der Waals surface area contributed by atoms with Crippen LogP contribution in [0.4, 0.5) is 26.2 Å². The van der Waals surface area contributed by atoms with Gasteiger partial charge in [0, 0.05) is 37.6 Å². The van der Waals surface area contributed by atoms with E-state index in [4.69, 9.17) is 0 Å². The summed E-state index contributed by atoms with van der Waals surface area (Å²) in [5.74, 6) is -0.581. The van der Waals surface area contributed by atoms with E-state index in [1.807, 2.05) is 36.1 Å². The number of amides is 1. The molecule has 166 valence electrons. The molecule has 0 spiro atoms. The van der Waals surface area contributed by atoms with E-state index in [0.29, 0.717) is 18.9 Å². The summed E-state index contributed by atoms with van der Waals surface area (Å²) in [7, 11) is 0. The smallest absolute Gasteiger partial charge is 0.229 e. The number of piperidine rings is 1. The minimum Gasteiger partial charge on any atom is -0.356 e. The molecule has 8 heteroatoms. The van der Waals surface area contributed by atoms with Crippen LogP contribution in [-0.4, -0.2) is 29.0 Å². The Balaban J connectivity index is 1.38. The maximum Gasteiger partial charge on any atom is 0.229 e. The Hall–Kier alpha value is -3.55. The van der Waals surface area contributed by atoms with E-state index in [-0.39, 0.29) is 23.5 Å². The highest BCUT2D eigenvalue weighted by Gasteiger charge is 2.26. The SMILES string of the molecule is Cc1ccc(CNC(=O)[C@H]2CCCN(c3ccnc(Nc4cc(F)cc(F)c4)n3)C2)cc1. The molecule has 1 aliphatic rings. The molecule has 6 nitrogen and oxygen atoms in total. The fourth-order valence-corrected chi connectivity index (χ4v) is 3.78. The van der Waals surface area contributed by atoms with Crippen LogP contribution in [-0.2, 0) is 11.3 Å². The number of anilines is 3. The van der Waals surface area contributed by atoms with Crippen molar-refractivity contribution in [3.63, 3.8) is 0 Å². The summed E-state index contributed by atoms with van der Waals surface area (Å²) in [5.41, 5.74) is 2.48. The van der Waals surface area contributed by atoms with Crippen LogP contribution >= 0.6 is 0 Å². The summed E-state index contributed by atoms with van der Waals surface area (Å²) < 4.78 is 26.9. The molecule has 4 rings (SSSR count). The number of halogens is 2. The fraction of sp³-hybridized carbons (Fsp3) is 0.292. The lowest BCUT2D eigenvalue weighted by molar-refractivity contribution is -0.125. The van der Waals surface area contributed by atoms with Crippen LogP contribution in [0.1, 0.15) is 24.0 Å². The standard InChI is InChI=1S/C24H25F2N5O/c1-16-4-6-17(7-5-16)14-28-23(32)18-3-2-10-31(15-18)22-8-9-27-24(30-22)29-21-12-19(25)11-20(26)13-21/h4-9,11-13,18H,2-3,10,14-15H2,1H3,(H,28,32)(H,27,29,30)/t18-/m0/s1. The molecule has 1 fully saturated rings. The molecule has 1 aromatic heterocycles. The van der Waals surface area contributed by atoms with E-state index in [9.17, 15) is 13.6 Å². The number of nitrogens with zero attached hydrogens (tertiary/aromatic N) is 3. The molecule has 1 atom stereocenters. The van der Waals surface area contributed by atoms with Crippen molar-refractivity contribution in [1.82, 2.24) is 15.3 Å². The second kappa shape index (κ2) is 9.72. The van der Waals surface area contributed by atoms with Crippen LogP contribution in [0.25, 0.3) is 0 Å². The van der Waals surface area contributed by atoms with Gasteiger partial charge < -0.3 is 15.5 Å². The third-order valence-electron chi connectivity index (χ3n) is 5.46. The highest BCUT2D eigenvalue weighted by Crippen LogP contribution is 2.24. The lowest BCUT2D eigenvalue weighted by Crippen LogP contribution is -2.43. The van der Waals surface area contributed by atoms with Gasteiger partial charge in [-0.1, -0.05) is 29.8 Å². The van der Waals surface area contributed by atoms with E-state index in [1.165, 1.54) is 17.7 Å². The summed E-state index contributed by atoms with van der Waals surface area (Å²) in [6.45, 7) is 3.85. The molecule has 2 heterocycles. The molecule has 1 saturated heterocycles. The van der Waals surface area contributed by atoms with Crippen LogP contribution in [0.2, 0.25) is 0 Å². The van der Waals surface area contributed by atoms with E-state index in [0.717, 1.165) is 31.0 Å². The van der Waals surface area contributed by atoms with E-state index in [1.54, 1.807) is 12.3 Å². The zero-order valence-electron chi connectivity index (χ0n) is 17.8. The van der Waals surface area contributed by atoms with Crippen molar-refractivity contribution in [1.29, 1.82) is 0 Å². The zero-order valence-corrected chi connectivity index (χ0v) is 17.8. The first kappa shape index (κ1) is 21.7. The van der Waals surface area contributed by atoms with Crippen LogP contribution in [0.5, 0.6) is 0 Å². The molecular weight excluding hydrogens is 412 g/mol. The van der Waals surface area contributed by atoms with Crippen molar-refractivity contribution in [2.24, 2.45) is 5.92 Å². The second-order valence-corrected chi connectivity index (χ2v) is 8.01. The Bertz CT molecular complexity index is 1070. The minimum absolute atomic E-state index is 0.0258. The quantitative estimate of drug-likeness (QED) is 0.600. The Kier molecular flexibility index (Phi) is 6.58. The normalized spacial score (nSPS) is 16.0. The summed E-state index contributed by atoms with van der Waals surface area (Å²) >= 11 is 0. The highest BCUT2D eigenvalue weighted by atomic mass is 19.1. The Morgan fingerprint density at radius 1 is 1.12 bits per heavy atom. The summed E-state index contributed by atoms with van der Waals surface area (Å²) in [6.07, 6.45) is 3.26. The predicted molar refractivity (Wildman–Crippen MR) is 120 cm³/mol. The van der Waals surface area contributed by atoms with Gasteiger partial charge in [0.1, 0.15) is 17.5 Å². The first-order valence-corrected chi connectivity index (χ1v) is 10.6. The van der Waals surface area contributed by atoms with Crippen molar-refractivity contribution in [2.45, 2.75) is 26.3 Å². The van der Waals surface area contributed by atoms with Crippen LogP contribution in [0.3, 0.4) is 0 Å². The molecule has 3 aromatic rings. The third-order valence-corrected chi connectivity index (χ3v) is 5.46. The average Bonchev–Trinajstić information content (AvgIpc) is 2.78. The van der Waals surface area contributed by atoms with Crippen LogP contribution in [0.15, 0.2) is 54.7 Å². The summed E-state index contributed by atoms with van der Waals surface area (Å²) in [6, 6.07) is 13.0. The zero-order chi connectivity index (χ0) is 22.5. The Labute approximate surface area is 185 Å². The van der Waals surface area contributed by atoms with Gasteiger partial charge in [0.25, 0.3) is 0 Å². The molecule has 0 radical (unpaired) electrons. The van der Waals surface area contributed by atoms with Gasteiger partial charge in [-0.2, -0.15) is 4.98 Å². The number of hydrogen-bond donors (Lipinski definition) is 2. The van der Waals surface area contributed by atoms with E-state index < -0.39 is 11.6 Å². The van der Waals surface area contributed by atoms with Gasteiger partial charge in [0.2, 0.25) is 11.9 Å². The number of rotatable bonds is 6. The van der Waals surface area contributed by atoms with Gasteiger partial charge in [-0.25, -0.2) is 13.8 Å². The molecule has 2 N–H and O–H groups in total. The minimum atomic E-state index is -0.681.